The summed E-state index contributed by atoms with van der Waals surface area (Å²) < 4.78 is 0. The molecule has 0 saturated heterocycles. The lowest BCUT2D eigenvalue weighted by Gasteiger charge is -2.23. The van der Waals surface area contributed by atoms with Gasteiger partial charge < -0.3 is 10.3 Å². The normalized spacial score (nSPS) is 12.1. The number of aryl methyl sites for hydroxylation is 1. The highest BCUT2D eigenvalue weighted by molar-refractivity contribution is 5.94. The first-order valence-corrected chi connectivity index (χ1v) is 12.4. The van der Waals surface area contributed by atoms with Crippen molar-refractivity contribution in [1.82, 2.24) is 30.1 Å². The van der Waals surface area contributed by atoms with E-state index in [2.05, 4.69) is 94.5 Å². The van der Waals surface area contributed by atoms with Crippen molar-refractivity contribution in [2.75, 3.05) is 5.32 Å². The summed E-state index contributed by atoms with van der Waals surface area (Å²) in [5.41, 5.74) is 10.0. The minimum Gasteiger partial charge on any atom is -0.358 e. The van der Waals surface area contributed by atoms with E-state index in [0.29, 0.717) is 5.65 Å². The summed E-state index contributed by atoms with van der Waals surface area (Å²) in [6, 6.07) is 12.2. The van der Waals surface area contributed by atoms with Gasteiger partial charge in [-0.1, -0.05) is 52.1 Å². The van der Waals surface area contributed by atoms with Crippen LogP contribution in [-0.4, -0.2) is 30.1 Å². The topological polar surface area (TPSA) is 95.2 Å². The fourth-order valence-corrected chi connectivity index (χ4v) is 4.22. The highest BCUT2D eigenvalue weighted by Gasteiger charge is 2.18. The molecule has 0 aliphatic carbocycles. The lowest BCUT2D eigenvalue weighted by atomic mass is 9.93. The third kappa shape index (κ3) is 4.91. The van der Waals surface area contributed by atoms with Crippen LogP contribution in [0.4, 0.5) is 5.69 Å². The molecule has 190 valence electrons. The Hall–Kier alpha value is -4.78. The van der Waals surface area contributed by atoms with Crippen molar-refractivity contribution < 1.29 is 0 Å². The van der Waals surface area contributed by atoms with Gasteiger partial charge in [-0.15, -0.1) is 0 Å². The molecule has 0 radical (unpaired) electrons. The molecule has 0 unspecified atom stereocenters. The Labute approximate surface area is 222 Å². The molecular formula is C31H31N7. The Balaban J connectivity index is 1.53. The van der Waals surface area contributed by atoms with Crippen molar-refractivity contribution in [3.8, 4) is 22.5 Å². The van der Waals surface area contributed by atoms with Crippen molar-refractivity contribution in [1.29, 1.82) is 0 Å². The molecule has 5 heterocycles. The Morgan fingerprint density at radius 2 is 1.84 bits per heavy atom. The van der Waals surface area contributed by atoms with Crippen LogP contribution in [0, 0.1) is 12.3 Å². The highest BCUT2D eigenvalue weighted by Crippen LogP contribution is 2.34. The zero-order valence-electron chi connectivity index (χ0n) is 22.1. The molecule has 0 saturated carbocycles. The number of aromatic nitrogens is 6. The van der Waals surface area contributed by atoms with Gasteiger partial charge in [0.2, 0.25) is 0 Å². The minimum atomic E-state index is -0.0630. The quantitative estimate of drug-likeness (QED) is 0.203. The van der Waals surface area contributed by atoms with Crippen LogP contribution in [0.1, 0.15) is 37.7 Å². The average Bonchev–Trinajstić information content (AvgIpc) is 3.50. The summed E-state index contributed by atoms with van der Waals surface area (Å²) >= 11 is 0. The number of pyridine rings is 3. The number of allylic oxidation sites excluding steroid dienone is 3. The first kappa shape index (κ1) is 24.9. The molecular weight excluding hydrogens is 470 g/mol. The Morgan fingerprint density at radius 3 is 2.58 bits per heavy atom. The standard InChI is InChI=1S/C31H31N7/c1-7-10-24(27-11-8-9-12-33-27)25-15-28(35-19(25)2)29-26-14-22(17-34-30(26)38-37-29)21-13-23(18-32-16-21)36-20(3)31(4,5)6/h7-18,35-36H,1,3H2,2,4-6H3,(H,34,37,38)/b24-10+. The molecule has 5 aromatic rings. The van der Waals surface area contributed by atoms with Gasteiger partial charge in [0.15, 0.2) is 5.65 Å². The fraction of sp³-hybridized carbons (Fsp3) is 0.161. The van der Waals surface area contributed by atoms with Gasteiger partial charge in [-0.2, -0.15) is 5.10 Å². The number of rotatable bonds is 7. The van der Waals surface area contributed by atoms with Gasteiger partial charge in [0, 0.05) is 63.0 Å². The fourth-order valence-electron chi connectivity index (χ4n) is 4.22. The van der Waals surface area contributed by atoms with E-state index in [4.69, 9.17) is 0 Å². The molecule has 0 spiro atoms. The largest absolute Gasteiger partial charge is 0.358 e. The molecule has 0 bridgehead atoms. The van der Waals surface area contributed by atoms with Gasteiger partial charge in [0.05, 0.1) is 29.0 Å². The molecule has 0 atom stereocenters. The predicted octanol–water partition coefficient (Wildman–Crippen LogP) is 7.31. The molecule has 0 aliphatic rings. The van der Waals surface area contributed by atoms with Crippen molar-refractivity contribution >= 4 is 22.3 Å². The molecule has 38 heavy (non-hydrogen) atoms. The Bertz CT molecular complexity index is 1660. The van der Waals surface area contributed by atoms with Crippen molar-refractivity contribution in [3.05, 3.63) is 109 Å². The number of nitrogens with one attached hydrogen (secondary N) is 3. The maximum Gasteiger partial charge on any atom is 0.181 e. The molecule has 7 nitrogen and oxygen atoms in total. The molecule has 0 aliphatic heterocycles. The van der Waals surface area contributed by atoms with Crippen LogP contribution in [0.15, 0.2) is 92.2 Å². The number of hydrogen-bond donors (Lipinski definition) is 3. The highest BCUT2D eigenvalue weighted by atomic mass is 15.2. The Morgan fingerprint density at radius 1 is 1.03 bits per heavy atom. The summed E-state index contributed by atoms with van der Waals surface area (Å²) in [7, 11) is 0. The van der Waals surface area contributed by atoms with Crippen LogP contribution in [0.5, 0.6) is 0 Å². The maximum atomic E-state index is 4.62. The molecule has 0 amide bonds. The van der Waals surface area contributed by atoms with E-state index in [9.17, 15) is 0 Å². The van der Waals surface area contributed by atoms with Gasteiger partial charge in [0.25, 0.3) is 0 Å². The average molecular weight is 502 g/mol. The van der Waals surface area contributed by atoms with Crippen molar-refractivity contribution in [3.63, 3.8) is 0 Å². The molecule has 5 rings (SSSR count). The summed E-state index contributed by atoms with van der Waals surface area (Å²) in [5, 5.41) is 11.9. The summed E-state index contributed by atoms with van der Waals surface area (Å²) in [4.78, 5) is 17.1. The first-order valence-electron chi connectivity index (χ1n) is 12.4. The van der Waals surface area contributed by atoms with Crippen molar-refractivity contribution in [2.45, 2.75) is 27.7 Å². The van der Waals surface area contributed by atoms with Crippen LogP contribution in [0.25, 0.3) is 39.1 Å². The van der Waals surface area contributed by atoms with E-state index in [1.165, 1.54) is 0 Å². The van der Waals surface area contributed by atoms with Crippen LogP contribution >= 0.6 is 0 Å². The first-order chi connectivity index (χ1) is 18.2. The number of H-pyrrole nitrogens is 2. The molecule has 3 N–H and O–H groups in total. The summed E-state index contributed by atoms with van der Waals surface area (Å²) in [5.74, 6) is 0. The monoisotopic (exact) mass is 501 g/mol. The van der Waals surface area contributed by atoms with Gasteiger partial charge in [0.1, 0.15) is 0 Å². The van der Waals surface area contributed by atoms with Gasteiger partial charge in [-0.25, -0.2) is 4.98 Å². The van der Waals surface area contributed by atoms with E-state index in [-0.39, 0.29) is 5.41 Å². The molecule has 7 heteroatoms. The SMILES string of the molecule is C=C/C=C(/c1ccccn1)c1cc(-c2[nH]nc3ncc(-c4cncc(NC(=C)C(C)(C)C)c4)cc23)[nH]c1C. The molecule has 0 fully saturated rings. The van der Waals surface area contributed by atoms with Crippen molar-refractivity contribution in [2.24, 2.45) is 5.41 Å². The van der Waals surface area contributed by atoms with E-state index in [0.717, 1.165) is 61.8 Å². The zero-order valence-corrected chi connectivity index (χ0v) is 22.1. The number of fused-ring (bicyclic) bond motifs is 1. The van der Waals surface area contributed by atoms with E-state index in [1.54, 1.807) is 18.5 Å². The third-order valence-electron chi connectivity index (χ3n) is 6.48. The van der Waals surface area contributed by atoms with Crippen LogP contribution < -0.4 is 5.32 Å². The maximum absolute atomic E-state index is 4.62. The van der Waals surface area contributed by atoms with Gasteiger partial charge >= 0.3 is 0 Å². The van der Waals surface area contributed by atoms with E-state index < -0.39 is 0 Å². The second-order valence-electron chi connectivity index (χ2n) is 10.3. The molecule has 5 aromatic heterocycles. The Kier molecular flexibility index (Phi) is 6.51. The number of hydrogen-bond acceptors (Lipinski definition) is 5. The zero-order chi connectivity index (χ0) is 26.9. The van der Waals surface area contributed by atoms with E-state index in [1.807, 2.05) is 36.7 Å². The second-order valence-corrected chi connectivity index (χ2v) is 10.3. The van der Waals surface area contributed by atoms with Crippen LogP contribution in [0.2, 0.25) is 0 Å². The molecule has 0 aromatic carbocycles. The summed E-state index contributed by atoms with van der Waals surface area (Å²) in [6.45, 7) is 16.5. The smallest absolute Gasteiger partial charge is 0.181 e. The van der Waals surface area contributed by atoms with Gasteiger partial charge in [-0.3, -0.25) is 15.1 Å². The van der Waals surface area contributed by atoms with Crippen LogP contribution in [-0.2, 0) is 0 Å². The number of nitrogens with zero attached hydrogens (tertiary/aromatic N) is 4. The lowest BCUT2D eigenvalue weighted by Crippen LogP contribution is -2.15. The minimum absolute atomic E-state index is 0.0630. The van der Waals surface area contributed by atoms with Crippen LogP contribution in [0.3, 0.4) is 0 Å². The predicted molar refractivity (Wildman–Crippen MR) is 155 cm³/mol. The number of anilines is 1. The lowest BCUT2D eigenvalue weighted by molar-refractivity contribution is 0.509. The van der Waals surface area contributed by atoms with Gasteiger partial charge in [-0.05, 0) is 37.3 Å². The third-order valence-corrected chi connectivity index (χ3v) is 6.48. The number of aromatic amines is 2. The van der Waals surface area contributed by atoms with E-state index >= 15 is 0 Å². The second kappa shape index (κ2) is 9.94. The summed E-state index contributed by atoms with van der Waals surface area (Å²) in [6.07, 6.45) is 11.0.